The topological polar surface area (TPSA) is 106 Å². The van der Waals surface area contributed by atoms with E-state index in [1.54, 1.807) is 18.2 Å². The quantitative estimate of drug-likeness (QED) is 0.888. The van der Waals surface area contributed by atoms with Crippen molar-refractivity contribution >= 4 is 17.4 Å². The smallest absolute Gasteiger partial charge is 0.268 e. The molecule has 0 radical (unpaired) electrons. The molecule has 1 aromatic heterocycles. The molecule has 0 saturated carbocycles. The zero-order valence-corrected chi connectivity index (χ0v) is 12.0. The third kappa shape index (κ3) is 2.47. The number of aromatic amines is 1. The van der Waals surface area contributed by atoms with Crippen LogP contribution in [0.25, 0.3) is 11.1 Å². The second kappa shape index (κ2) is 5.70. The molecule has 5 nitrogen and oxygen atoms in total. The van der Waals surface area contributed by atoms with Crippen molar-refractivity contribution in [2.24, 2.45) is 0 Å². The number of rotatable bonds is 2. The maximum absolute atomic E-state index is 11.9. The first-order chi connectivity index (χ1) is 10.0. The number of hydrogen-bond donors (Lipinski definition) is 2. The average molecular weight is 299 g/mol. The number of pyridine rings is 1. The fraction of sp³-hybridized carbons (Fsp3) is 0.133. The number of aromatic nitrogens is 1. The number of nitrogens with two attached hydrogens (primary N) is 1. The van der Waals surface area contributed by atoms with E-state index in [1.807, 2.05) is 19.1 Å². The van der Waals surface area contributed by atoms with E-state index in [0.29, 0.717) is 17.0 Å². The Bertz CT molecular complexity index is 856. The van der Waals surface area contributed by atoms with Crippen LogP contribution in [0, 0.1) is 22.7 Å². The number of halogens is 1. The van der Waals surface area contributed by atoms with Crippen LogP contribution in [0.1, 0.15) is 23.6 Å². The lowest BCUT2D eigenvalue weighted by atomic mass is 9.95. The van der Waals surface area contributed by atoms with Gasteiger partial charge in [-0.1, -0.05) is 24.6 Å². The fourth-order valence-electron chi connectivity index (χ4n) is 2.13. The molecular formula is C15H11ClN4O. The Kier molecular flexibility index (Phi) is 3.98. The molecule has 0 aliphatic carbocycles. The van der Waals surface area contributed by atoms with Gasteiger partial charge in [-0.25, -0.2) is 0 Å². The molecule has 0 saturated heterocycles. The summed E-state index contributed by atoms with van der Waals surface area (Å²) in [7, 11) is 0. The fourth-order valence-corrected chi connectivity index (χ4v) is 2.38. The van der Waals surface area contributed by atoms with E-state index >= 15 is 0 Å². The third-order valence-corrected chi connectivity index (χ3v) is 3.55. The first-order valence-corrected chi connectivity index (χ1v) is 6.56. The first-order valence-electron chi connectivity index (χ1n) is 6.18. The van der Waals surface area contributed by atoms with Crippen LogP contribution in [0.5, 0.6) is 0 Å². The SMILES string of the molecule is CCc1cc(-c2c(C#N)c(N)[nH]c(=O)c2C#N)ccc1Cl. The number of H-pyrrole nitrogens is 1. The van der Waals surface area contributed by atoms with Crippen molar-refractivity contribution in [2.75, 3.05) is 5.73 Å². The number of nitrogens with one attached hydrogen (secondary N) is 1. The van der Waals surface area contributed by atoms with Crippen molar-refractivity contribution in [1.82, 2.24) is 4.98 Å². The van der Waals surface area contributed by atoms with Gasteiger partial charge >= 0.3 is 0 Å². The van der Waals surface area contributed by atoms with Gasteiger partial charge in [0.25, 0.3) is 5.56 Å². The van der Waals surface area contributed by atoms with Crippen molar-refractivity contribution < 1.29 is 0 Å². The maximum atomic E-state index is 11.9. The maximum Gasteiger partial charge on any atom is 0.268 e. The standard InChI is InChI=1S/C15H11ClN4O/c1-2-8-5-9(3-4-12(8)16)13-10(6-17)14(19)20-15(21)11(13)7-18/h3-5H,2H2,1H3,(H3,19,20,21). The van der Waals surface area contributed by atoms with Gasteiger partial charge in [0.2, 0.25) is 0 Å². The summed E-state index contributed by atoms with van der Waals surface area (Å²) in [6.07, 6.45) is 0.690. The van der Waals surface area contributed by atoms with Gasteiger partial charge < -0.3 is 10.7 Å². The van der Waals surface area contributed by atoms with Gasteiger partial charge in [0, 0.05) is 10.6 Å². The zero-order valence-electron chi connectivity index (χ0n) is 11.2. The van der Waals surface area contributed by atoms with Gasteiger partial charge in [0.15, 0.2) is 0 Å². The molecule has 0 bridgehead atoms. The van der Waals surface area contributed by atoms with Gasteiger partial charge in [0.1, 0.15) is 29.1 Å². The number of hydrogen-bond acceptors (Lipinski definition) is 4. The van der Waals surface area contributed by atoms with Gasteiger partial charge in [-0.3, -0.25) is 4.79 Å². The summed E-state index contributed by atoms with van der Waals surface area (Å²) in [5.41, 5.74) is 6.69. The van der Waals surface area contributed by atoms with E-state index in [-0.39, 0.29) is 22.5 Å². The summed E-state index contributed by atoms with van der Waals surface area (Å²) >= 11 is 6.07. The number of benzene rings is 1. The van der Waals surface area contributed by atoms with Crippen LogP contribution in [0.4, 0.5) is 5.82 Å². The third-order valence-electron chi connectivity index (χ3n) is 3.18. The first kappa shape index (κ1) is 14.6. The summed E-state index contributed by atoms with van der Waals surface area (Å²) in [6, 6.07) is 8.87. The Balaban J connectivity index is 2.89. The Labute approximate surface area is 126 Å². The van der Waals surface area contributed by atoms with Crippen LogP contribution >= 0.6 is 11.6 Å². The predicted octanol–water partition coefficient (Wildman–Crippen LogP) is 2.58. The largest absolute Gasteiger partial charge is 0.384 e. The molecule has 0 aliphatic rings. The predicted molar refractivity (Wildman–Crippen MR) is 80.7 cm³/mol. The van der Waals surface area contributed by atoms with Crippen LogP contribution in [0.15, 0.2) is 23.0 Å². The minimum atomic E-state index is -0.614. The van der Waals surface area contributed by atoms with Crippen LogP contribution < -0.4 is 11.3 Å². The molecule has 1 heterocycles. The molecule has 0 unspecified atom stereocenters. The average Bonchev–Trinajstić information content (AvgIpc) is 2.47. The summed E-state index contributed by atoms with van der Waals surface area (Å²) in [5.74, 6) is -0.0514. The highest BCUT2D eigenvalue weighted by Crippen LogP contribution is 2.30. The van der Waals surface area contributed by atoms with Crippen LogP contribution in [-0.4, -0.2) is 4.98 Å². The molecule has 1 aromatic carbocycles. The lowest BCUT2D eigenvalue weighted by Crippen LogP contribution is -2.16. The number of nitrogens with zero attached hydrogens (tertiary/aromatic N) is 2. The second-order valence-electron chi connectivity index (χ2n) is 4.38. The van der Waals surface area contributed by atoms with Crippen LogP contribution in [0.3, 0.4) is 0 Å². The summed E-state index contributed by atoms with van der Waals surface area (Å²) < 4.78 is 0. The number of nitriles is 2. The molecule has 2 rings (SSSR count). The Hall–Kier alpha value is -2.76. The zero-order chi connectivity index (χ0) is 15.6. The Morgan fingerprint density at radius 2 is 1.95 bits per heavy atom. The highest BCUT2D eigenvalue weighted by molar-refractivity contribution is 6.31. The monoisotopic (exact) mass is 298 g/mol. The molecule has 104 valence electrons. The van der Waals surface area contributed by atoms with Gasteiger partial charge in [-0.05, 0) is 29.7 Å². The van der Waals surface area contributed by atoms with Gasteiger partial charge in [-0.15, -0.1) is 0 Å². The molecule has 0 atom stereocenters. The van der Waals surface area contributed by atoms with E-state index in [9.17, 15) is 15.3 Å². The molecule has 0 fully saturated rings. The molecule has 0 amide bonds. The summed E-state index contributed by atoms with van der Waals surface area (Å²) in [5, 5.41) is 19.1. The van der Waals surface area contributed by atoms with Crippen LogP contribution in [-0.2, 0) is 6.42 Å². The number of nitrogen functional groups attached to an aromatic ring is 1. The minimum Gasteiger partial charge on any atom is -0.384 e. The van der Waals surface area contributed by atoms with Crippen molar-refractivity contribution in [1.29, 1.82) is 10.5 Å². The van der Waals surface area contributed by atoms with Crippen molar-refractivity contribution in [3.8, 4) is 23.3 Å². The lowest BCUT2D eigenvalue weighted by Gasteiger charge is -2.10. The summed E-state index contributed by atoms with van der Waals surface area (Å²) in [4.78, 5) is 14.2. The molecule has 6 heteroatoms. The van der Waals surface area contributed by atoms with Crippen molar-refractivity contribution in [3.63, 3.8) is 0 Å². The molecule has 0 aliphatic heterocycles. The Morgan fingerprint density at radius 1 is 1.29 bits per heavy atom. The van der Waals surface area contributed by atoms with Gasteiger partial charge in [-0.2, -0.15) is 10.5 Å². The molecular weight excluding hydrogens is 288 g/mol. The number of anilines is 1. The van der Waals surface area contributed by atoms with Crippen LogP contribution in [0.2, 0.25) is 5.02 Å². The van der Waals surface area contributed by atoms with E-state index in [0.717, 1.165) is 5.56 Å². The second-order valence-corrected chi connectivity index (χ2v) is 4.78. The van der Waals surface area contributed by atoms with E-state index < -0.39 is 5.56 Å². The number of aryl methyl sites for hydroxylation is 1. The normalized spacial score (nSPS) is 9.90. The van der Waals surface area contributed by atoms with E-state index in [4.69, 9.17) is 17.3 Å². The highest BCUT2D eigenvalue weighted by atomic mass is 35.5. The van der Waals surface area contributed by atoms with E-state index in [2.05, 4.69) is 4.98 Å². The molecule has 0 spiro atoms. The van der Waals surface area contributed by atoms with Crippen molar-refractivity contribution in [3.05, 3.63) is 50.3 Å². The minimum absolute atomic E-state index is 0.0514. The van der Waals surface area contributed by atoms with E-state index in [1.165, 1.54) is 0 Å². The molecule has 21 heavy (non-hydrogen) atoms. The summed E-state index contributed by atoms with van der Waals surface area (Å²) in [6.45, 7) is 1.94. The van der Waals surface area contributed by atoms with Crippen molar-refractivity contribution in [2.45, 2.75) is 13.3 Å². The van der Waals surface area contributed by atoms with Gasteiger partial charge in [0.05, 0.1) is 0 Å². The lowest BCUT2D eigenvalue weighted by molar-refractivity contribution is 1.14. The highest BCUT2D eigenvalue weighted by Gasteiger charge is 2.18. The molecule has 2 aromatic rings. The molecule has 3 N–H and O–H groups in total. The Morgan fingerprint density at radius 3 is 2.52 bits per heavy atom.